The Labute approximate surface area is 570 Å². The van der Waals surface area contributed by atoms with Crippen LogP contribution in [0.4, 0.5) is 10.1 Å². The number of nitrogens with two attached hydrogens (primary N) is 2. The number of rotatable bonds is 23. The molecule has 11 N–H and O–H groups in total. The van der Waals surface area contributed by atoms with Gasteiger partial charge < -0.3 is 71.8 Å². The van der Waals surface area contributed by atoms with E-state index in [4.69, 9.17) is 36.2 Å². The molecule has 2 aliphatic carbocycles. The van der Waals surface area contributed by atoms with Gasteiger partial charge in [-0.2, -0.15) is 5.10 Å². The van der Waals surface area contributed by atoms with Gasteiger partial charge in [-0.3, -0.25) is 48.6 Å². The van der Waals surface area contributed by atoms with Gasteiger partial charge in [0.25, 0.3) is 5.56 Å². The Morgan fingerprint density at radius 2 is 1.49 bits per heavy atom. The number of primary amides is 1. The fourth-order valence-electron chi connectivity index (χ4n) is 14.7. The molecule has 3 aromatic carbocycles. The Hall–Kier alpha value is -9.80. The first-order chi connectivity index (χ1) is 47.4. The summed E-state index contributed by atoms with van der Waals surface area (Å²) in [7, 11) is 0. The number of nitrogens with zero attached hydrogens (tertiary/aromatic N) is 5. The summed E-state index contributed by atoms with van der Waals surface area (Å²) in [5, 5.41) is 38.4. The number of aromatic nitrogens is 2. The van der Waals surface area contributed by atoms with Gasteiger partial charge in [-0.15, -0.1) is 0 Å². The largest absolute Gasteiger partial charge is 0.458 e. The average Bonchev–Trinajstić information content (AvgIpc) is 1.61. The van der Waals surface area contributed by atoms with Gasteiger partial charge in [0.2, 0.25) is 47.3 Å². The molecule has 6 heterocycles. The van der Waals surface area contributed by atoms with Crippen LogP contribution >= 0.6 is 0 Å². The molecule has 8 amide bonds. The summed E-state index contributed by atoms with van der Waals surface area (Å²) in [6.45, 7) is 7.76. The van der Waals surface area contributed by atoms with Crippen LogP contribution in [0.1, 0.15) is 154 Å². The van der Waals surface area contributed by atoms with E-state index in [1.54, 1.807) is 36.9 Å². The van der Waals surface area contributed by atoms with Gasteiger partial charge in [0.1, 0.15) is 36.3 Å². The predicted octanol–water partition coefficient (Wildman–Crippen LogP) is 3.40. The van der Waals surface area contributed by atoms with Crippen molar-refractivity contribution in [2.75, 3.05) is 51.0 Å². The van der Waals surface area contributed by atoms with Crippen molar-refractivity contribution < 1.29 is 66.9 Å². The third-order valence-electron chi connectivity index (χ3n) is 20.5. The van der Waals surface area contributed by atoms with E-state index in [-0.39, 0.29) is 148 Å². The molecular weight excluding hydrogens is 1280 g/mol. The number of hydrogen-bond donors (Lipinski definition) is 9. The number of pyridine rings is 2. The van der Waals surface area contributed by atoms with E-state index in [2.05, 4.69) is 31.7 Å². The second-order valence-electron chi connectivity index (χ2n) is 26.6. The normalized spacial score (nSPS) is 19.6. The first-order valence-corrected chi connectivity index (χ1v) is 33.8. The monoisotopic (exact) mass is 1360 g/mol. The number of piperidine rings is 1. The number of nitrogens with one attached hydrogen (secondary N) is 6. The highest BCUT2D eigenvalue weighted by atomic mass is 19.1. The van der Waals surface area contributed by atoms with Crippen molar-refractivity contribution >= 4 is 81.2 Å². The van der Waals surface area contributed by atoms with Crippen LogP contribution in [0.5, 0.6) is 0 Å². The van der Waals surface area contributed by atoms with Crippen LogP contribution in [-0.4, -0.2) is 148 Å². The second kappa shape index (κ2) is 29.7. The number of para-hydroxylation sites is 1. The predicted molar refractivity (Wildman–Crippen MR) is 360 cm³/mol. The van der Waals surface area contributed by atoms with Gasteiger partial charge in [0.15, 0.2) is 5.60 Å². The van der Waals surface area contributed by atoms with E-state index in [1.165, 1.54) is 30.5 Å². The minimum Gasteiger partial charge on any atom is -0.458 e. The SMILES string of the molecule is CC[C@@]1(O)C(=O)OCc2c1cc1n(c2=O)Cc2c-1nc1cc(F)c(C)c3c1c2[C@@H](NC(=O)[C@H](CC(N)=O)NC(=O)[C@H](C)NC(=O)[C@H](C)NC(=O)CCOCCOCCC(=O)N1CCC2(CCC(C(=O)NCCC(=O)N4Cc5ccccc5/C(=N/N)C(=N)c5ccccc54)CC2)CC1)CC3. The number of carbonyl (C=O) groups excluding carboxylic acids is 9. The van der Waals surface area contributed by atoms with Gasteiger partial charge in [0.05, 0.1) is 92.3 Å². The van der Waals surface area contributed by atoms with Gasteiger partial charge in [-0.05, 0) is 118 Å². The summed E-state index contributed by atoms with van der Waals surface area (Å²) < 4.78 is 33.5. The number of hydrazone groups is 1. The maximum Gasteiger partial charge on any atom is 0.343 e. The van der Waals surface area contributed by atoms with Crippen molar-refractivity contribution in [2.45, 2.75) is 161 Å². The number of esters is 1. The molecule has 2 aromatic heterocycles. The van der Waals surface area contributed by atoms with Gasteiger partial charge in [-0.1, -0.05) is 49.4 Å². The zero-order chi connectivity index (χ0) is 70.6. The van der Waals surface area contributed by atoms with Crippen molar-refractivity contribution in [1.82, 2.24) is 41.0 Å². The lowest BCUT2D eigenvalue weighted by Gasteiger charge is -2.45. The summed E-state index contributed by atoms with van der Waals surface area (Å²) in [6.07, 6.45) is 4.86. The van der Waals surface area contributed by atoms with Crippen LogP contribution in [0.2, 0.25) is 0 Å². The zero-order valence-electron chi connectivity index (χ0n) is 55.9. The van der Waals surface area contributed by atoms with Gasteiger partial charge in [0, 0.05) is 72.1 Å². The lowest BCUT2D eigenvalue weighted by molar-refractivity contribution is -0.172. The molecule has 0 unspecified atom stereocenters. The molecule has 99 heavy (non-hydrogen) atoms. The molecule has 524 valence electrons. The van der Waals surface area contributed by atoms with Gasteiger partial charge >= 0.3 is 5.97 Å². The summed E-state index contributed by atoms with van der Waals surface area (Å²) in [5.41, 5.74) is 9.15. The highest BCUT2D eigenvalue weighted by Crippen LogP contribution is 2.48. The number of carbonyl (C=O) groups is 9. The Bertz CT molecular complexity index is 4190. The smallest absolute Gasteiger partial charge is 0.343 e. The maximum absolute atomic E-state index is 15.6. The quantitative estimate of drug-likeness (QED) is 0.0192. The molecule has 0 bridgehead atoms. The Kier molecular flexibility index (Phi) is 21.2. The lowest BCUT2D eigenvalue weighted by Crippen LogP contribution is -2.56. The highest BCUT2D eigenvalue weighted by Gasteiger charge is 2.47. The topological polar surface area (TPSA) is 391 Å². The molecule has 11 rings (SSSR count). The number of halogens is 1. The maximum atomic E-state index is 15.6. The van der Waals surface area contributed by atoms with E-state index in [0.29, 0.717) is 69.7 Å². The Balaban J connectivity index is 0.570. The number of likely N-dealkylation sites (tertiary alicyclic amines) is 1. The number of anilines is 1. The number of amides is 8. The summed E-state index contributed by atoms with van der Waals surface area (Å²) in [5.74, 6) is 0.104. The third-order valence-corrected chi connectivity index (χ3v) is 20.5. The number of benzene rings is 3. The van der Waals surface area contributed by atoms with Crippen LogP contribution in [0.15, 0.2) is 70.6 Å². The number of ether oxygens (including phenoxy) is 3. The van der Waals surface area contributed by atoms with Crippen LogP contribution in [0, 0.1) is 29.5 Å². The number of cyclic esters (lactones) is 1. The van der Waals surface area contributed by atoms with E-state index in [1.807, 2.05) is 35.2 Å². The van der Waals surface area contributed by atoms with Crippen LogP contribution in [-0.2, 0) is 89.1 Å². The second-order valence-corrected chi connectivity index (χ2v) is 26.6. The minimum atomic E-state index is -2.10. The fourth-order valence-corrected chi connectivity index (χ4v) is 14.7. The number of hydrogen-bond acceptors (Lipinski definition) is 18. The van der Waals surface area contributed by atoms with E-state index < -0.39 is 83.1 Å². The zero-order valence-corrected chi connectivity index (χ0v) is 55.9. The molecule has 0 radical (unpaired) electrons. The highest BCUT2D eigenvalue weighted by molar-refractivity contribution is 6.53. The molecule has 1 saturated heterocycles. The molecule has 5 aromatic rings. The van der Waals surface area contributed by atoms with Crippen LogP contribution < -0.4 is 48.6 Å². The van der Waals surface area contributed by atoms with E-state index in [0.717, 1.165) is 44.1 Å². The summed E-state index contributed by atoms with van der Waals surface area (Å²) in [6, 6.07) is 12.7. The van der Waals surface area contributed by atoms with Crippen molar-refractivity contribution in [3.8, 4) is 11.4 Å². The van der Waals surface area contributed by atoms with E-state index >= 15 is 4.39 Å². The molecule has 1 saturated carbocycles. The first kappa shape index (κ1) is 70.5. The minimum absolute atomic E-state index is 0.00181. The molecule has 5 atom stereocenters. The van der Waals surface area contributed by atoms with E-state index in [9.17, 15) is 53.1 Å². The Morgan fingerprint density at radius 3 is 2.20 bits per heavy atom. The molecular formula is C71H84FN13O14. The van der Waals surface area contributed by atoms with Crippen molar-refractivity contribution in [2.24, 2.45) is 28.0 Å². The molecule has 1 spiro atoms. The number of aryl methyl sites for hydroxylation is 1. The molecule has 4 aliphatic heterocycles. The van der Waals surface area contributed by atoms with Crippen molar-refractivity contribution in [3.05, 3.63) is 127 Å². The van der Waals surface area contributed by atoms with Crippen LogP contribution in [0.3, 0.4) is 0 Å². The standard InChI is InChI=1S/C71H84FN13O14/c1-5-71(96)48-32-54-62-46(36-85(54)68(94)47(48)37-99-69(71)95)60-50(15-14-43-38(2)49(72)33-51(79-62)59(43)60)80-67(93)52(34-55(73)86)81-65(91)40(4)78-64(90)39(3)77-56(87)19-28-97-30-31-98-29-20-57(88)83-26-23-70(24-27-83)21-16-41(17-22-70)66(92)76-25-18-58(89)84-35-42-10-6-7-11-44(42)63(82-75)61(74)45-12-8-9-13-53(45)84/h6-13,32-33,39-41,50,52,74,96H,5,14-31,34-37,75H2,1-4H3,(H2,73,86)(H,76,92)(H,77,87)(H,78,90)(H,80,93)(H,81,91)/b74-61?,82-63-/t39-,40-,50-,52-,71-/m0/s1. The third kappa shape index (κ3) is 14.6. The van der Waals surface area contributed by atoms with Crippen LogP contribution in [0.25, 0.3) is 22.3 Å². The fraction of sp³-hybridized carbons (Fsp3) is 0.479. The van der Waals surface area contributed by atoms with Gasteiger partial charge in [-0.25, -0.2) is 14.2 Å². The van der Waals surface area contributed by atoms with Crippen molar-refractivity contribution in [1.29, 1.82) is 5.41 Å². The lowest BCUT2D eigenvalue weighted by atomic mass is 9.65. The van der Waals surface area contributed by atoms with Crippen molar-refractivity contribution in [3.63, 3.8) is 0 Å². The molecule has 28 heteroatoms. The number of fused-ring (bicyclic) bond motifs is 7. The Morgan fingerprint density at radius 1 is 0.818 bits per heavy atom. The summed E-state index contributed by atoms with van der Waals surface area (Å²) >= 11 is 0. The molecule has 27 nitrogen and oxygen atoms in total. The summed E-state index contributed by atoms with van der Waals surface area (Å²) in [4.78, 5) is 142. The average molecular weight is 1360 g/mol. The first-order valence-electron chi connectivity index (χ1n) is 33.8. The molecule has 2 fully saturated rings. The molecule has 6 aliphatic rings. The number of aliphatic hydroxyl groups is 1.